The predicted octanol–water partition coefficient (Wildman–Crippen LogP) is 1.91. The number of aliphatic carboxylic acids is 1. The summed E-state index contributed by atoms with van der Waals surface area (Å²) in [4.78, 5) is 23.4. The number of benzene rings is 1. The van der Waals surface area contributed by atoms with Crippen LogP contribution in [-0.4, -0.2) is 40.3 Å². The Balaban J connectivity index is 2.42. The molecule has 0 atom stereocenters. The minimum absolute atomic E-state index is 0.126. The number of nitrogens with zero attached hydrogens (tertiary/aromatic N) is 1. The second-order valence-corrected chi connectivity index (χ2v) is 4.08. The van der Waals surface area contributed by atoms with E-state index in [1.165, 1.54) is 4.90 Å². The Morgan fingerprint density at radius 2 is 1.78 bits per heavy atom. The van der Waals surface area contributed by atoms with Crippen LogP contribution in [0.15, 0.2) is 35.9 Å². The molecule has 5 nitrogen and oxygen atoms in total. The first kappa shape index (κ1) is 12.2. The fourth-order valence-electron chi connectivity index (χ4n) is 2.07. The molecule has 1 aromatic rings. The lowest BCUT2D eigenvalue weighted by Crippen LogP contribution is -2.36. The third-order valence-electron chi connectivity index (χ3n) is 3.00. The van der Waals surface area contributed by atoms with Crippen molar-refractivity contribution < 1.29 is 19.8 Å². The largest absolute Gasteiger partial charge is 0.478 e. The van der Waals surface area contributed by atoms with Gasteiger partial charge in [-0.1, -0.05) is 30.3 Å². The van der Waals surface area contributed by atoms with E-state index in [0.717, 1.165) is 5.56 Å². The zero-order valence-corrected chi connectivity index (χ0v) is 9.67. The molecule has 94 valence electrons. The van der Waals surface area contributed by atoms with Crippen molar-refractivity contribution in [3.8, 4) is 0 Å². The van der Waals surface area contributed by atoms with Crippen LogP contribution in [0.2, 0.25) is 0 Å². The van der Waals surface area contributed by atoms with Crippen LogP contribution in [0.25, 0.3) is 5.57 Å². The summed E-state index contributed by atoms with van der Waals surface area (Å²) in [5, 5.41) is 18.2. The molecule has 18 heavy (non-hydrogen) atoms. The molecule has 0 fully saturated rings. The van der Waals surface area contributed by atoms with E-state index in [1.807, 2.05) is 18.2 Å². The molecule has 5 heteroatoms. The van der Waals surface area contributed by atoms with Crippen LogP contribution >= 0.6 is 0 Å². The standard InChI is InChI=1S/C13H13NO4/c15-12(16)10-6-7-14(13(17)18)8-11(10)9-4-2-1-3-5-9/h1-5H,6-8H2,(H,15,16)(H,17,18). The van der Waals surface area contributed by atoms with Crippen LogP contribution in [-0.2, 0) is 4.79 Å². The SMILES string of the molecule is O=C(O)C1=C(c2ccccc2)CN(C(=O)O)CC1. The Hall–Kier alpha value is -2.30. The molecule has 1 heterocycles. The molecular formula is C13H13NO4. The van der Waals surface area contributed by atoms with E-state index in [-0.39, 0.29) is 19.5 Å². The van der Waals surface area contributed by atoms with Gasteiger partial charge in [-0.25, -0.2) is 9.59 Å². The minimum atomic E-state index is -1.02. The summed E-state index contributed by atoms with van der Waals surface area (Å²) in [5.74, 6) is -0.973. The van der Waals surface area contributed by atoms with E-state index < -0.39 is 12.1 Å². The number of carboxylic acid groups (broad SMARTS) is 2. The molecule has 0 saturated heterocycles. The van der Waals surface area contributed by atoms with Gasteiger partial charge in [0, 0.05) is 12.1 Å². The Labute approximate surface area is 104 Å². The van der Waals surface area contributed by atoms with Gasteiger partial charge in [0.05, 0.1) is 6.54 Å². The summed E-state index contributed by atoms with van der Waals surface area (Å²) in [5.41, 5.74) is 1.65. The van der Waals surface area contributed by atoms with Crippen LogP contribution < -0.4 is 0 Å². The quantitative estimate of drug-likeness (QED) is 0.836. The molecule has 0 unspecified atom stereocenters. The molecular weight excluding hydrogens is 234 g/mol. The van der Waals surface area contributed by atoms with Gasteiger partial charge >= 0.3 is 12.1 Å². The predicted molar refractivity (Wildman–Crippen MR) is 65.2 cm³/mol. The molecule has 0 aliphatic carbocycles. The van der Waals surface area contributed by atoms with Crippen LogP contribution in [0.3, 0.4) is 0 Å². The van der Waals surface area contributed by atoms with E-state index >= 15 is 0 Å². The van der Waals surface area contributed by atoms with Crippen molar-refractivity contribution >= 4 is 17.6 Å². The normalized spacial score (nSPS) is 15.7. The van der Waals surface area contributed by atoms with E-state index in [1.54, 1.807) is 12.1 Å². The van der Waals surface area contributed by atoms with Gasteiger partial charge in [-0.05, 0) is 17.6 Å². The third-order valence-corrected chi connectivity index (χ3v) is 3.00. The van der Waals surface area contributed by atoms with Crippen molar-refractivity contribution in [3.05, 3.63) is 41.5 Å². The average Bonchev–Trinajstić information content (AvgIpc) is 2.39. The van der Waals surface area contributed by atoms with Crippen LogP contribution in [0.4, 0.5) is 4.79 Å². The molecule has 0 saturated carbocycles. The number of carbonyl (C=O) groups is 2. The molecule has 0 bridgehead atoms. The van der Waals surface area contributed by atoms with Crippen molar-refractivity contribution in [1.82, 2.24) is 4.90 Å². The zero-order valence-electron chi connectivity index (χ0n) is 9.67. The second-order valence-electron chi connectivity index (χ2n) is 4.08. The fourth-order valence-corrected chi connectivity index (χ4v) is 2.07. The van der Waals surface area contributed by atoms with Crippen molar-refractivity contribution in [2.75, 3.05) is 13.1 Å². The lowest BCUT2D eigenvalue weighted by Gasteiger charge is -2.27. The van der Waals surface area contributed by atoms with Crippen LogP contribution in [0.5, 0.6) is 0 Å². The monoisotopic (exact) mass is 247 g/mol. The summed E-state index contributed by atoms with van der Waals surface area (Å²) < 4.78 is 0. The maximum absolute atomic E-state index is 11.2. The fraction of sp³-hybridized carbons (Fsp3) is 0.231. The van der Waals surface area contributed by atoms with Crippen molar-refractivity contribution in [2.45, 2.75) is 6.42 Å². The van der Waals surface area contributed by atoms with Crippen LogP contribution in [0.1, 0.15) is 12.0 Å². The summed E-state index contributed by atoms with van der Waals surface area (Å²) in [6.45, 7) is 0.355. The first-order valence-corrected chi connectivity index (χ1v) is 5.58. The molecule has 1 aliphatic heterocycles. The van der Waals surface area contributed by atoms with Gasteiger partial charge in [0.1, 0.15) is 0 Å². The van der Waals surface area contributed by atoms with Crippen molar-refractivity contribution in [1.29, 1.82) is 0 Å². The zero-order chi connectivity index (χ0) is 13.1. The Morgan fingerprint density at radius 3 is 2.33 bits per heavy atom. The highest BCUT2D eigenvalue weighted by molar-refractivity contribution is 5.98. The van der Waals surface area contributed by atoms with Gasteiger partial charge in [0.2, 0.25) is 0 Å². The lowest BCUT2D eigenvalue weighted by molar-refractivity contribution is -0.132. The molecule has 2 N–H and O–H groups in total. The van der Waals surface area contributed by atoms with Gasteiger partial charge in [0.15, 0.2) is 0 Å². The lowest BCUT2D eigenvalue weighted by atomic mass is 9.94. The Kier molecular flexibility index (Phi) is 3.32. The van der Waals surface area contributed by atoms with E-state index in [2.05, 4.69) is 0 Å². The third kappa shape index (κ3) is 2.34. The van der Waals surface area contributed by atoms with E-state index in [4.69, 9.17) is 5.11 Å². The highest BCUT2D eigenvalue weighted by Gasteiger charge is 2.26. The molecule has 1 aromatic carbocycles. The van der Waals surface area contributed by atoms with Gasteiger partial charge in [-0.3, -0.25) is 0 Å². The van der Waals surface area contributed by atoms with Crippen molar-refractivity contribution in [3.63, 3.8) is 0 Å². The molecule has 2 rings (SSSR count). The highest BCUT2D eigenvalue weighted by atomic mass is 16.4. The molecule has 1 aliphatic rings. The summed E-state index contributed by atoms with van der Waals surface area (Å²) >= 11 is 0. The smallest absolute Gasteiger partial charge is 0.407 e. The van der Waals surface area contributed by atoms with Crippen LogP contribution in [0, 0.1) is 0 Å². The first-order chi connectivity index (χ1) is 8.59. The number of carboxylic acids is 1. The maximum atomic E-state index is 11.2. The van der Waals surface area contributed by atoms with Gasteiger partial charge < -0.3 is 15.1 Å². The van der Waals surface area contributed by atoms with E-state index in [9.17, 15) is 14.7 Å². The Morgan fingerprint density at radius 1 is 1.11 bits per heavy atom. The van der Waals surface area contributed by atoms with E-state index in [0.29, 0.717) is 11.1 Å². The number of rotatable bonds is 2. The summed E-state index contributed by atoms with van der Waals surface area (Å²) in [6.07, 6.45) is -0.779. The number of hydrogen-bond donors (Lipinski definition) is 2. The van der Waals surface area contributed by atoms with Gasteiger partial charge in [0.25, 0.3) is 0 Å². The summed E-state index contributed by atoms with van der Waals surface area (Å²) in [7, 11) is 0. The maximum Gasteiger partial charge on any atom is 0.407 e. The average molecular weight is 247 g/mol. The van der Waals surface area contributed by atoms with Gasteiger partial charge in [-0.15, -0.1) is 0 Å². The Bertz CT molecular complexity index is 507. The first-order valence-electron chi connectivity index (χ1n) is 5.58. The number of amides is 1. The summed E-state index contributed by atoms with van der Waals surface area (Å²) in [6, 6.07) is 9.04. The number of hydrogen-bond acceptors (Lipinski definition) is 2. The molecule has 0 spiro atoms. The minimum Gasteiger partial charge on any atom is -0.478 e. The highest BCUT2D eigenvalue weighted by Crippen LogP contribution is 2.26. The molecule has 0 aromatic heterocycles. The van der Waals surface area contributed by atoms with Crippen molar-refractivity contribution in [2.24, 2.45) is 0 Å². The molecule has 1 amide bonds. The molecule has 0 radical (unpaired) electrons. The second kappa shape index (κ2) is 4.91. The van der Waals surface area contributed by atoms with Gasteiger partial charge in [-0.2, -0.15) is 0 Å². The topological polar surface area (TPSA) is 77.8 Å².